The molecule has 2 atom stereocenters. The number of hydrogen-bond donors (Lipinski definition) is 3. The van der Waals surface area contributed by atoms with Crippen LogP contribution in [0.1, 0.15) is 39.9 Å². The summed E-state index contributed by atoms with van der Waals surface area (Å²) < 4.78 is 32.1. The zero-order valence-corrected chi connectivity index (χ0v) is 24.9. The summed E-state index contributed by atoms with van der Waals surface area (Å²) in [7, 11) is -2.62. The molecule has 5 rings (SSSR count). The first kappa shape index (κ1) is 30.1. The van der Waals surface area contributed by atoms with Crippen LogP contribution in [0.3, 0.4) is 0 Å². The summed E-state index contributed by atoms with van der Waals surface area (Å²) >= 11 is 1.11. The molecule has 2 fully saturated rings. The van der Waals surface area contributed by atoms with E-state index in [1.165, 1.54) is 7.11 Å². The van der Waals surface area contributed by atoms with Gasteiger partial charge in [-0.2, -0.15) is 0 Å². The molecule has 1 saturated heterocycles. The molecule has 42 heavy (non-hydrogen) atoms. The zero-order chi connectivity index (χ0) is 29.9. The average Bonchev–Trinajstić information content (AvgIpc) is 3.49. The van der Waals surface area contributed by atoms with Gasteiger partial charge >= 0.3 is 0 Å². The second-order valence-electron chi connectivity index (χ2n) is 10.7. The number of carbonyl (C=O) groups excluding carboxylic acids is 3. The maximum absolute atomic E-state index is 13.2. The van der Waals surface area contributed by atoms with E-state index in [0.717, 1.165) is 41.7 Å². The number of ether oxygens (including phenoxy) is 1. The first-order valence-electron chi connectivity index (χ1n) is 13.9. The topological polar surface area (TPSA) is 155 Å². The molecule has 2 heterocycles. The second kappa shape index (κ2) is 12.9. The van der Waals surface area contributed by atoms with Crippen molar-refractivity contribution in [2.45, 2.75) is 30.6 Å². The molecule has 1 unspecified atom stereocenters. The molecule has 224 valence electrons. The third kappa shape index (κ3) is 6.97. The second-order valence-corrected chi connectivity index (χ2v) is 14.0. The minimum Gasteiger partial charge on any atom is -0.396 e. The van der Waals surface area contributed by atoms with Gasteiger partial charge in [-0.1, -0.05) is 18.2 Å². The summed E-state index contributed by atoms with van der Waals surface area (Å²) in [6.07, 6.45) is 2.59. The number of aromatic nitrogens is 1. The molecule has 0 bridgehead atoms. The number of aliphatic hydroxyl groups excluding tert-OH is 1. The van der Waals surface area contributed by atoms with E-state index < -0.39 is 21.0 Å². The maximum atomic E-state index is 13.2. The number of hydrogen-bond acceptors (Lipinski definition) is 9. The number of fused-ring (bicyclic) bond motifs is 1. The van der Waals surface area contributed by atoms with Crippen molar-refractivity contribution in [2.75, 3.05) is 45.7 Å². The SMILES string of the molecule is COCCS(=O)(=O)C(C(=O)NCC(=O)NC1CC1)c1nc2ccc(-c3ccc(C(=O)N4CC[C@@H](CO)C4)cc3)cc2s1. The van der Waals surface area contributed by atoms with Crippen molar-refractivity contribution in [1.82, 2.24) is 20.5 Å². The Hall–Kier alpha value is -3.39. The Bertz CT molecular complexity index is 1570. The van der Waals surface area contributed by atoms with Crippen LogP contribution in [0, 0.1) is 5.92 Å². The van der Waals surface area contributed by atoms with Crippen molar-refractivity contribution < 1.29 is 32.6 Å². The fourth-order valence-electron chi connectivity index (χ4n) is 4.90. The standard InChI is InChI=1S/C29H34N4O7S2/c1-40-12-13-42(38,39)26(27(36)30-15-25(35)31-22-7-8-22)28-32-23-9-6-21(14-24(23)41-28)19-2-4-20(5-3-19)29(37)33-11-10-18(16-33)17-34/h2-6,9,14,18,22,26,34H,7-8,10-13,15-17H2,1H3,(H,30,36)(H,31,35)/t18-,26?/m1/s1. The lowest BCUT2D eigenvalue weighted by Gasteiger charge is -2.16. The zero-order valence-electron chi connectivity index (χ0n) is 23.2. The predicted molar refractivity (Wildman–Crippen MR) is 159 cm³/mol. The molecule has 3 aromatic rings. The van der Waals surface area contributed by atoms with Crippen molar-refractivity contribution in [3.8, 4) is 11.1 Å². The summed E-state index contributed by atoms with van der Waals surface area (Å²) in [5.74, 6) is -1.49. The molecule has 0 spiro atoms. The highest BCUT2D eigenvalue weighted by atomic mass is 32.2. The van der Waals surface area contributed by atoms with E-state index in [1.54, 1.807) is 23.1 Å². The number of aliphatic hydroxyl groups is 1. The molecule has 1 aliphatic carbocycles. The molecule has 3 N–H and O–H groups in total. The Morgan fingerprint density at radius 2 is 1.86 bits per heavy atom. The van der Waals surface area contributed by atoms with Crippen LogP contribution in [-0.4, -0.2) is 92.9 Å². The summed E-state index contributed by atoms with van der Waals surface area (Å²) in [5.41, 5.74) is 2.82. The van der Waals surface area contributed by atoms with Crippen LogP contribution in [0.15, 0.2) is 42.5 Å². The van der Waals surface area contributed by atoms with Crippen LogP contribution < -0.4 is 10.6 Å². The summed E-state index contributed by atoms with van der Waals surface area (Å²) in [5, 5.41) is 13.1. The lowest BCUT2D eigenvalue weighted by Crippen LogP contribution is -2.41. The number of sulfone groups is 1. The molecule has 3 amide bonds. The Labute approximate surface area is 248 Å². The molecule has 13 heteroatoms. The number of likely N-dealkylation sites (tertiary alicyclic amines) is 1. The normalized spacial score (nSPS) is 17.8. The Morgan fingerprint density at radius 3 is 2.52 bits per heavy atom. The van der Waals surface area contributed by atoms with Crippen LogP contribution in [0.25, 0.3) is 21.3 Å². The average molecular weight is 615 g/mol. The van der Waals surface area contributed by atoms with Crippen molar-refractivity contribution >= 4 is 49.1 Å². The van der Waals surface area contributed by atoms with E-state index in [9.17, 15) is 27.9 Å². The van der Waals surface area contributed by atoms with Gasteiger partial charge in [0.1, 0.15) is 5.01 Å². The third-order valence-corrected chi connectivity index (χ3v) is 10.6. The van der Waals surface area contributed by atoms with E-state index in [-0.39, 0.29) is 54.3 Å². The lowest BCUT2D eigenvalue weighted by atomic mass is 10.0. The minimum atomic E-state index is -4.00. The first-order chi connectivity index (χ1) is 20.2. The third-order valence-electron chi connectivity index (χ3n) is 7.46. The molecule has 1 aliphatic heterocycles. The number of nitrogens with zero attached hydrogens (tertiary/aromatic N) is 2. The molecule has 0 radical (unpaired) electrons. The van der Waals surface area contributed by atoms with E-state index in [2.05, 4.69) is 15.6 Å². The van der Waals surface area contributed by atoms with E-state index >= 15 is 0 Å². The largest absolute Gasteiger partial charge is 0.396 e. The van der Waals surface area contributed by atoms with Gasteiger partial charge in [0.2, 0.25) is 11.8 Å². The van der Waals surface area contributed by atoms with Gasteiger partial charge < -0.3 is 25.4 Å². The monoisotopic (exact) mass is 614 g/mol. The quantitative estimate of drug-likeness (QED) is 0.280. The lowest BCUT2D eigenvalue weighted by molar-refractivity contribution is -0.126. The van der Waals surface area contributed by atoms with Gasteiger partial charge in [-0.3, -0.25) is 14.4 Å². The minimum absolute atomic E-state index is 0.0657. The van der Waals surface area contributed by atoms with Crippen molar-refractivity contribution in [3.63, 3.8) is 0 Å². The highest BCUT2D eigenvalue weighted by molar-refractivity contribution is 7.92. The fraction of sp³-hybridized carbons (Fsp3) is 0.448. The van der Waals surface area contributed by atoms with Crippen molar-refractivity contribution in [2.24, 2.45) is 5.92 Å². The Balaban J connectivity index is 1.35. The number of nitrogens with one attached hydrogen (secondary N) is 2. The smallest absolute Gasteiger partial charge is 0.253 e. The van der Waals surface area contributed by atoms with E-state index in [0.29, 0.717) is 28.9 Å². The van der Waals surface area contributed by atoms with Crippen LogP contribution in [0.2, 0.25) is 0 Å². The fourth-order valence-corrected chi connectivity index (χ4v) is 7.88. The van der Waals surface area contributed by atoms with Crippen LogP contribution in [-0.2, 0) is 24.2 Å². The van der Waals surface area contributed by atoms with Crippen LogP contribution in [0.5, 0.6) is 0 Å². The van der Waals surface area contributed by atoms with Gasteiger partial charge in [-0.05, 0) is 54.7 Å². The maximum Gasteiger partial charge on any atom is 0.253 e. The van der Waals surface area contributed by atoms with Gasteiger partial charge in [-0.15, -0.1) is 11.3 Å². The van der Waals surface area contributed by atoms with Crippen LogP contribution >= 0.6 is 11.3 Å². The molecule has 2 aromatic carbocycles. The summed E-state index contributed by atoms with van der Waals surface area (Å²) in [6, 6.07) is 12.9. The number of rotatable bonds is 12. The van der Waals surface area contributed by atoms with Gasteiger partial charge in [0.05, 0.1) is 29.1 Å². The highest BCUT2D eigenvalue weighted by Crippen LogP contribution is 2.34. The van der Waals surface area contributed by atoms with Crippen molar-refractivity contribution in [3.05, 3.63) is 53.0 Å². The Kier molecular flexibility index (Phi) is 9.21. The molecule has 1 saturated carbocycles. The molecular formula is C29H34N4O7S2. The van der Waals surface area contributed by atoms with Crippen molar-refractivity contribution in [1.29, 1.82) is 0 Å². The first-order valence-corrected chi connectivity index (χ1v) is 16.4. The highest BCUT2D eigenvalue weighted by Gasteiger charge is 2.37. The van der Waals surface area contributed by atoms with Crippen LogP contribution in [0.4, 0.5) is 0 Å². The molecule has 11 nitrogen and oxygen atoms in total. The predicted octanol–water partition coefficient (Wildman–Crippen LogP) is 1.91. The number of benzene rings is 2. The molecule has 2 aliphatic rings. The van der Waals surface area contributed by atoms with Gasteiger partial charge in [0.25, 0.3) is 5.91 Å². The number of carbonyl (C=O) groups is 3. The number of methoxy groups -OCH3 is 1. The van der Waals surface area contributed by atoms with Gasteiger partial charge in [-0.25, -0.2) is 13.4 Å². The summed E-state index contributed by atoms with van der Waals surface area (Å²) in [6.45, 7) is 0.854. The van der Waals surface area contributed by atoms with Gasteiger partial charge in [0, 0.05) is 44.3 Å². The molecular weight excluding hydrogens is 580 g/mol. The van der Waals surface area contributed by atoms with Gasteiger partial charge in [0.15, 0.2) is 15.1 Å². The molecule has 1 aromatic heterocycles. The summed E-state index contributed by atoms with van der Waals surface area (Å²) in [4.78, 5) is 44.4. The van der Waals surface area contributed by atoms with E-state index in [1.807, 2.05) is 24.3 Å². The van der Waals surface area contributed by atoms with E-state index in [4.69, 9.17) is 4.74 Å². The number of amides is 3. The number of thiazole rings is 1. The Morgan fingerprint density at radius 1 is 1.12 bits per heavy atom.